The number of carbonyl (C=O) groups is 1. The zero-order valence-electron chi connectivity index (χ0n) is 18.9. The SMILES string of the molecule is CN(C)c1ccc2c(Nc3ccc(NC(=O)NCc4ccc(C(F)(F)F)nc4)cc3)ncnc2c1. The molecule has 11 heteroatoms. The van der Waals surface area contributed by atoms with Crippen LogP contribution in [0.4, 0.5) is 40.8 Å². The van der Waals surface area contributed by atoms with E-state index < -0.39 is 17.9 Å². The molecule has 0 aliphatic rings. The summed E-state index contributed by atoms with van der Waals surface area (Å²) in [5.74, 6) is 0.656. The molecule has 2 aromatic carbocycles. The van der Waals surface area contributed by atoms with E-state index >= 15 is 0 Å². The molecule has 0 spiro atoms. The van der Waals surface area contributed by atoms with E-state index in [2.05, 4.69) is 30.9 Å². The minimum Gasteiger partial charge on any atom is -0.378 e. The highest BCUT2D eigenvalue weighted by Crippen LogP contribution is 2.28. The third-order valence-electron chi connectivity index (χ3n) is 5.11. The van der Waals surface area contributed by atoms with Crippen LogP contribution in [0.1, 0.15) is 11.3 Å². The number of urea groups is 1. The van der Waals surface area contributed by atoms with Crippen molar-refractivity contribution in [1.29, 1.82) is 0 Å². The number of anilines is 4. The lowest BCUT2D eigenvalue weighted by Gasteiger charge is -2.14. The Morgan fingerprint density at radius 1 is 0.943 bits per heavy atom. The highest BCUT2D eigenvalue weighted by atomic mass is 19.4. The molecule has 0 aliphatic heterocycles. The lowest BCUT2D eigenvalue weighted by Crippen LogP contribution is -2.28. The second-order valence-electron chi connectivity index (χ2n) is 7.88. The Kier molecular flexibility index (Phi) is 6.67. The minimum absolute atomic E-state index is 0.0347. The number of amides is 2. The van der Waals surface area contributed by atoms with Gasteiger partial charge in [-0.1, -0.05) is 6.07 Å². The van der Waals surface area contributed by atoms with Crippen LogP contribution in [-0.2, 0) is 12.7 Å². The first-order valence-corrected chi connectivity index (χ1v) is 10.6. The van der Waals surface area contributed by atoms with Gasteiger partial charge >= 0.3 is 12.2 Å². The molecule has 0 unspecified atom stereocenters. The highest BCUT2D eigenvalue weighted by Gasteiger charge is 2.31. The van der Waals surface area contributed by atoms with E-state index in [1.54, 1.807) is 24.3 Å². The Hall–Kier alpha value is -4.41. The monoisotopic (exact) mass is 481 g/mol. The molecular weight excluding hydrogens is 459 g/mol. The summed E-state index contributed by atoms with van der Waals surface area (Å²) in [6, 6.07) is 14.6. The summed E-state index contributed by atoms with van der Waals surface area (Å²) in [5, 5.41) is 9.39. The average Bonchev–Trinajstić information content (AvgIpc) is 2.83. The first kappa shape index (κ1) is 23.7. The van der Waals surface area contributed by atoms with Crippen molar-refractivity contribution in [3.63, 3.8) is 0 Å². The van der Waals surface area contributed by atoms with Gasteiger partial charge in [0.25, 0.3) is 0 Å². The average molecular weight is 481 g/mol. The molecule has 0 aliphatic carbocycles. The van der Waals surface area contributed by atoms with Crippen molar-refractivity contribution in [3.8, 4) is 0 Å². The van der Waals surface area contributed by atoms with Gasteiger partial charge in [-0.15, -0.1) is 0 Å². The van der Waals surface area contributed by atoms with E-state index in [0.29, 0.717) is 17.1 Å². The Bertz CT molecular complexity index is 1320. The van der Waals surface area contributed by atoms with E-state index in [4.69, 9.17) is 0 Å². The van der Waals surface area contributed by atoms with Gasteiger partial charge in [0.1, 0.15) is 17.8 Å². The number of carbonyl (C=O) groups excluding carboxylic acids is 1. The van der Waals surface area contributed by atoms with Gasteiger partial charge in [-0.2, -0.15) is 13.2 Å². The molecule has 3 N–H and O–H groups in total. The summed E-state index contributed by atoms with van der Waals surface area (Å²) >= 11 is 0. The summed E-state index contributed by atoms with van der Waals surface area (Å²) < 4.78 is 37.7. The van der Waals surface area contributed by atoms with Crippen LogP contribution in [0.5, 0.6) is 0 Å². The Labute approximate surface area is 199 Å². The zero-order chi connectivity index (χ0) is 25.0. The molecule has 4 aromatic rings. The number of nitrogens with zero attached hydrogens (tertiary/aromatic N) is 4. The predicted molar refractivity (Wildman–Crippen MR) is 129 cm³/mol. The van der Waals surface area contributed by atoms with E-state index in [1.807, 2.05) is 37.2 Å². The second-order valence-corrected chi connectivity index (χ2v) is 7.88. The quantitative estimate of drug-likeness (QED) is 0.352. The second kappa shape index (κ2) is 9.84. The number of nitrogens with one attached hydrogen (secondary N) is 3. The lowest BCUT2D eigenvalue weighted by atomic mass is 10.2. The van der Waals surface area contributed by atoms with Crippen molar-refractivity contribution in [3.05, 3.63) is 78.4 Å². The molecule has 0 saturated carbocycles. The number of benzene rings is 2. The van der Waals surface area contributed by atoms with Crippen LogP contribution in [-0.4, -0.2) is 35.1 Å². The number of hydrogen-bond acceptors (Lipinski definition) is 6. The fourth-order valence-corrected chi connectivity index (χ4v) is 3.25. The van der Waals surface area contributed by atoms with Crippen LogP contribution >= 0.6 is 0 Å². The number of aromatic nitrogens is 3. The molecule has 180 valence electrons. The van der Waals surface area contributed by atoms with Gasteiger partial charge in [0.05, 0.1) is 5.52 Å². The van der Waals surface area contributed by atoms with Crippen LogP contribution in [0, 0.1) is 0 Å². The number of fused-ring (bicyclic) bond motifs is 1. The number of halogens is 3. The van der Waals surface area contributed by atoms with Gasteiger partial charge in [0, 0.05) is 49.3 Å². The topological polar surface area (TPSA) is 95.1 Å². The summed E-state index contributed by atoms with van der Waals surface area (Å²) in [5.41, 5.74) is 2.62. The predicted octanol–water partition coefficient (Wildman–Crippen LogP) is 5.17. The first-order chi connectivity index (χ1) is 16.7. The molecule has 0 atom stereocenters. The van der Waals surface area contributed by atoms with Gasteiger partial charge in [0.15, 0.2) is 0 Å². The number of alkyl halides is 3. The molecular formula is C24H22F3N7O. The molecule has 0 bridgehead atoms. The molecule has 0 fully saturated rings. The van der Waals surface area contributed by atoms with E-state index in [0.717, 1.165) is 34.5 Å². The normalized spacial score (nSPS) is 11.2. The van der Waals surface area contributed by atoms with Gasteiger partial charge < -0.3 is 20.9 Å². The standard InChI is InChI=1S/C24H22F3N7O/c1-34(2)18-8-9-19-20(11-18)30-14-31-22(19)32-16-4-6-17(7-5-16)33-23(35)29-13-15-3-10-21(28-12-15)24(25,26)27/h3-12,14H,13H2,1-2H3,(H2,29,33,35)(H,30,31,32). The van der Waals surface area contributed by atoms with E-state index in [-0.39, 0.29) is 6.54 Å². The third kappa shape index (κ3) is 5.94. The molecule has 8 nitrogen and oxygen atoms in total. The van der Waals surface area contributed by atoms with Gasteiger partial charge in [-0.3, -0.25) is 4.98 Å². The van der Waals surface area contributed by atoms with Crippen LogP contribution in [0.25, 0.3) is 10.9 Å². The maximum absolute atomic E-state index is 12.6. The Morgan fingerprint density at radius 2 is 1.69 bits per heavy atom. The van der Waals surface area contributed by atoms with Crippen LogP contribution in [0.15, 0.2) is 67.1 Å². The third-order valence-corrected chi connectivity index (χ3v) is 5.11. The summed E-state index contributed by atoms with van der Waals surface area (Å²) in [6.45, 7) is 0.0347. The Balaban J connectivity index is 1.35. The fraction of sp³-hybridized carbons (Fsp3) is 0.167. The summed E-state index contributed by atoms with van der Waals surface area (Å²) in [6.07, 6.45) is -1.92. The molecule has 2 amide bonds. The van der Waals surface area contributed by atoms with Crippen LogP contribution in [0.3, 0.4) is 0 Å². The maximum Gasteiger partial charge on any atom is 0.433 e. The first-order valence-electron chi connectivity index (χ1n) is 10.6. The van der Waals surface area contributed by atoms with Gasteiger partial charge in [0.2, 0.25) is 0 Å². The minimum atomic E-state index is -4.50. The maximum atomic E-state index is 12.6. The van der Waals surface area contributed by atoms with Crippen molar-refractivity contribution in [1.82, 2.24) is 20.3 Å². The number of pyridine rings is 1. The van der Waals surface area contributed by atoms with Crippen LogP contribution < -0.4 is 20.9 Å². The van der Waals surface area contributed by atoms with Crippen molar-refractivity contribution in [2.45, 2.75) is 12.7 Å². The smallest absolute Gasteiger partial charge is 0.378 e. The lowest BCUT2D eigenvalue weighted by molar-refractivity contribution is -0.141. The molecule has 4 rings (SSSR count). The van der Waals surface area contributed by atoms with E-state index in [9.17, 15) is 18.0 Å². The van der Waals surface area contributed by atoms with Gasteiger partial charge in [-0.25, -0.2) is 14.8 Å². The summed E-state index contributed by atoms with van der Waals surface area (Å²) in [7, 11) is 3.92. The van der Waals surface area contributed by atoms with Crippen molar-refractivity contribution < 1.29 is 18.0 Å². The zero-order valence-corrected chi connectivity index (χ0v) is 18.9. The fourth-order valence-electron chi connectivity index (χ4n) is 3.25. The molecule has 2 heterocycles. The molecule has 2 aromatic heterocycles. The Morgan fingerprint density at radius 3 is 2.34 bits per heavy atom. The van der Waals surface area contributed by atoms with Crippen molar-refractivity contribution in [2.75, 3.05) is 29.6 Å². The van der Waals surface area contributed by atoms with Crippen LogP contribution in [0.2, 0.25) is 0 Å². The molecule has 35 heavy (non-hydrogen) atoms. The summed E-state index contributed by atoms with van der Waals surface area (Å²) in [4.78, 5) is 26.2. The molecule has 0 radical (unpaired) electrons. The van der Waals surface area contributed by atoms with E-state index in [1.165, 1.54) is 12.4 Å². The number of hydrogen-bond donors (Lipinski definition) is 3. The number of rotatable bonds is 6. The largest absolute Gasteiger partial charge is 0.433 e. The van der Waals surface area contributed by atoms with Crippen molar-refractivity contribution >= 4 is 39.8 Å². The van der Waals surface area contributed by atoms with Crippen molar-refractivity contribution in [2.24, 2.45) is 0 Å². The molecule has 0 saturated heterocycles. The highest BCUT2D eigenvalue weighted by molar-refractivity contribution is 5.93. The van der Waals surface area contributed by atoms with Gasteiger partial charge in [-0.05, 0) is 54.1 Å².